The summed E-state index contributed by atoms with van der Waals surface area (Å²) in [5.41, 5.74) is 2.62. The molecule has 36 heavy (non-hydrogen) atoms. The molecule has 0 unspecified atom stereocenters. The minimum absolute atomic E-state index is 0.180. The molecule has 3 aromatic carbocycles. The van der Waals surface area contributed by atoms with Crippen molar-refractivity contribution in [2.45, 2.75) is 4.90 Å². The first-order valence-electron chi connectivity index (χ1n) is 10.9. The summed E-state index contributed by atoms with van der Waals surface area (Å²) in [5, 5.41) is 3.48. The maximum Gasteiger partial charge on any atom is 0.274 e. The maximum absolute atomic E-state index is 13.2. The number of carbonyl (C=O) groups is 1. The van der Waals surface area contributed by atoms with Crippen molar-refractivity contribution in [3.8, 4) is 11.1 Å². The molecule has 0 aliphatic carbocycles. The van der Waals surface area contributed by atoms with E-state index in [1.54, 1.807) is 95.7 Å². The second-order valence-electron chi connectivity index (χ2n) is 7.91. The van der Waals surface area contributed by atoms with Crippen LogP contribution in [0, 0.1) is 0 Å². The van der Waals surface area contributed by atoms with E-state index in [1.807, 2.05) is 0 Å². The van der Waals surface area contributed by atoms with Crippen LogP contribution in [0.25, 0.3) is 16.9 Å². The summed E-state index contributed by atoms with van der Waals surface area (Å²) >= 11 is 6.08. The van der Waals surface area contributed by atoms with Gasteiger partial charge in [0.25, 0.3) is 15.9 Å². The quantitative estimate of drug-likeness (QED) is 0.337. The number of hydrogen-bond acceptors (Lipinski definition) is 5. The van der Waals surface area contributed by atoms with Crippen molar-refractivity contribution in [1.82, 2.24) is 14.4 Å². The van der Waals surface area contributed by atoms with E-state index < -0.39 is 10.0 Å². The molecule has 0 aliphatic rings. The first-order chi connectivity index (χ1) is 17.3. The number of rotatable bonds is 6. The molecule has 0 radical (unpaired) electrons. The topological polar surface area (TPSA) is 96.7 Å². The molecule has 8 nitrogen and oxygen atoms in total. The van der Waals surface area contributed by atoms with Crippen molar-refractivity contribution in [2.24, 2.45) is 0 Å². The average Bonchev–Trinajstić information content (AvgIpc) is 3.34. The number of benzene rings is 3. The van der Waals surface area contributed by atoms with Crippen molar-refractivity contribution >= 4 is 44.7 Å². The van der Waals surface area contributed by atoms with Crippen LogP contribution in [0.15, 0.2) is 102 Å². The lowest BCUT2D eigenvalue weighted by atomic mass is 10.0. The number of carbonyl (C=O) groups excluding carboxylic acids is 1. The van der Waals surface area contributed by atoms with Gasteiger partial charge in [-0.1, -0.05) is 41.9 Å². The summed E-state index contributed by atoms with van der Waals surface area (Å²) in [4.78, 5) is 21.7. The van der Waals surface area contributed by atoms with Crippen molar-refractivity contribution in [3.05, 3.63) is 108 Å². The van der Waals surface area contributed by atoms with Crippen molar-refractivity contribution in [3.63, 3.8) is 0 Å². The van der Waals surface area contributed by atoms with Crippen LogP contribution >= 0.6 is 11.6 Å². The molecular formula is C26H20ClN5O3S. The third-order valence-electron chi connectivity index (χ3n) is 5.69. The molecule has 0 saturated heterocycles. The first kappa shape index (κ1) is 23.5. The molecule has 2 heterocycles. The normalized spacial score (nSPS) is 11.4. The fourth-order valence-electron chi connectivity index (χ4n) is 3.78. The van der Waals surface area contributed by atoms with Gasteiger partial charge in [0.05, 0.1) is 16.8 Å². The van der Waals surface area contributed by atoms with Gasteiger partial charge in [-0.25, -0.2) is 18.4 Å². The first-order valence-corrected chi connectivity index (χ1v) is 12.7. The number of hydrogen-bond donors (Lipinski definition) is 1. The van der Waals surface area contributed by atoms with Crippen molar-refractivity contribution in [1.29, 1.82) is 0 Å². The highest BCUT2D eigenvalue weighted by Gasteiger charge is 2.23. The molecule has 10 heteroatoms. The van der Waals surface area contributed by atoms with Gasteiger partial charge in [0.1, 0.15) is 5.69 Å². The SMILES string of the molecule is CN(c1ccc(NC(=O)c2cnc3ncccn23)c(-c2ccc(Cl)cc2)c1)S(=O)(=O)c1ccccc1. The van der Waals surface area contributed by atoms with Gasteiger partial charge in [-0.2, -0.15) is 0 Å². The lowest BCUT2D eigenvalue weighted by molar-refractivity contribution is 0.102. The van der Waals surface area contributed by atoms with Gasteiger partial charge in [-0.3, -0.25) is 13.5 Å². The third kappa shape index (κ3) is 4.41. The summed E-state index contributed by atoms with van der Waals surface area (Å²) in [6, 6.07) is 22.0. The molecule has 5 rings (SSSR count). The lowest BCUT2D eigenvalue weighted by Gasteiger charge is -2.22. The number of aromatic nitrogens is 3. The molecule has 1 N–H and O–H groups in total. The molecule has 2 aromatic heterocycles. The average molecular weight is 518 g/mol. The number of sulfonamides is 1. The van der Waals surface area contributed by atoms with E-state index in [0.29, 0.717) is 33.4 Å². The standard InChI is InChI=1S/C26H20ClN5O3S/c1-31(36(34,35)21-6-3-2-4-7-21)20-12-13-23(22(16-20)18-8-10-19(27)11-9-18)30-25(33)24-17-29-26-28-14-5-15-32(24)26/h2-17H,1H3,(H,30,33). The highest BCUT2D eigenvalue weighted by Crippen LogP contribution is 2.34. The van der Waals surface area contributed by atoms with Crippen molar-refractivity contribution in [2.75, 3.05) is 16.7 Å². The Hall–Kier alpha value is -4.21. The highest BCUT2D eigenvalue weighted by molar-refractivity contribution is 7.92. The summed E-state index contributed by atoms with van der Waals surface area (Å²) in [5.74, 6) is 0.0207. The number of fused-ring (bicyclic) bond motifs is 1. The molecule has 0 spiro atoms. The molecule has 0 bridgehead atoms. The molecule has 180 valence electrons. The molecule has 5 aromatic rings. The molecule has 0 aliphatic heterocycles. The Kier molecular flexibility index (Phi) is 6.17. The van der Waals surface area contributed by atoms with E-state index in [9.17, 15) is 13.2 Å². The van der Waals surface area contributed by atoms with Crippen LogP contribution in [-0.2, 0) is 10.0 Å². The molecule has 0 fully saturated rings. The third-order valence-corrected chi connectivity index (χ3v) is 7.74. The molecule has 0 saturated carbocycles. The molecule has 0 atom stereocenters. The predicted octanol–water partition coefficient (Wildman–Crippen LogP) is 5.13. The zero-order valence-electron chi connectivity index (χ0n) is 19.0. The van der Waals surface area contributed by atoms with Crippen LogP contribution in [0.1, 0.15) is 10.5 Å². The number of imidazole rings is 1. The zero-order chi connectivity index (χ0) is 25.3. The van der Waals surface area contributed by atoms with E-state index in [1.165, 1.54) is 17.5 Å². The highest BCUT2D eigenvalue weighted by atomic mass is 35.5. The van der Waals surface area contributed by atoms with E-state index in [0.717, 1.165) is 5.56 Å². The van der Waals surface area contributed by atoms with E-state index in [-0.39, 0.29) is 10.8 Å². The van der Waals surface area contributed by atoms with Gasteiger partial charge in [0.15, 0.2) is 0 Å². The van der Waals surface area contributed by atoms with Crippen LogP contribution in [0.3, 0.4) is 0 Å². The minimum atomic E-state index is -3.79. The Morgan fingerprint density at radius 3 is 2.47 bits per heavy atom. The van der Waals surface area contributed by atoms with Crippen LogP contribution in [0.5, 0.6) is 0 Å². The fraction of sp³-hybridized carbons (Fsp3) is 0.0385. The fourth-order valence-corrected chi connectivity index (χ4v) is 5.11. The lowest BCUT2D eigenvalue weighted by Crippen LogP contribution is -2.26. The monoisotopic (exact) mass is 517 g/mol. The van der Waals surface area contributed by atoms with Crippen LogP contribution in [0.4, 0.5) is 11.4 Å². The van der Waals surface area contributed by atoms with Gasteiger partial charge in [-0.15, -0.1) is 0 Å². The second kappa shape index (κ2) is 9.44. The zero-order valence-corrected chi connectivity index (χ0v) is 20.6. The number of nitrogens with one attached hydrogen (secondary N) is 1. The van der Waals surface area contributed by atoms with Gasteiger partial charge < -0.3 is 5.32 Å². The number of halogens is 1. The summed E-state index contributed by atoms with van der Waals surface area (Å²) < 4.78 is 29.2. The predicted molar refractivity (Wildman–Crippen MR) is 140 cm³/mol. The number of nitrogens with zero attached hydrogens (tertiary/aromatic N) is 4. The van der Waals surface area contributed by atoms with Crippen LogP contribution in [-0.4, -0.2) is 35.7 Å². The maximum atomic E-state index is 13.2. The largest absolute Gasteiger partial charge is 0.320 e. The summed E-state index contributed by atoms with van der Waals surface area (Å²) in [6.07, 6.45) is 4.76. The summed E-state index contributed by atoms with van der Waals surface area (Å²) in [7, 11) is -2.29. The Balaban J connectivity index is 1.55. The van der Waals surface area contributed by atoms with Gasteiger partial charge >= 0.3 is 0 Å². The van der Waals surface area contributed by atoms with E-state index in [4.69, 9.17) is 11.6 Å². The van der Waals surface area contributed by atoms with Crippen LogP contribution in [0.2, 0.25) is 5.02 Å². The van der Waals surface area contributed by atoms with Gasteiger partial charge in [-0.05, 0) is 54.1 Å². The Morgan fingerprint density at radius 1 is 0.972 bits per heavy atom. The van der Waals surface area contributed by atoms with E-state index in [2.05, 4.69) is 15.3 Å². The Morgan fingerprint density at radius 2 is 1.72 bits per heavy atom. The molecular weight excluding hydrogens is 498 g/mol. The number of anilines is 2. The molecule has 1 amide bonds. The van der Waals surface area contributed by atoms with Gasteiger partial charge in [0.2, 0.25) is 5.78 Å². The number of amides is 1. The van der Waals surface area contributed by atoms with Crippen molar-refractivity contribution < 1.29 is 13.2 Å². The minimum Gasteiger partial charge on any atom is -0.320 e. The van der Waals surface area contributed by atoms with Gasteiger partial charge in [0, 0.05) is 35.7 Å². The summed E-state index contributed by atoms with van der Waals surface area (Å²) in [6.45, 7) is 0. The Labute approximate surface area is 212 Å². The second-order valence-corrected chi connectivity index (χ2v) is 10.3. The smallest absolute Gasteiger partial charge is 0.274 e. The Bertz CT molecular complexity index is 1670. The van der Waals surface area contributed by atoms with E-state index >= 15 is 0 Å². The van der Waals surface area contributed by atoms with Crippen LogP contribution < -0.4 is 9.62 Å².